The summed E-state index contributed by atoms with van der Waals surface area (Å²) in [4.78, 5) is 2.45. The Bertz CT molecular complexity index is 2690. The molecule has 55 heavy (non-hydrogen) atoms. The summed E-state index contributed by atoms with van der Waals surface area (Å²) < 4.78 is 6.30. The first kappa shape index (κ1) is 32.6. The van der Waals surface area contributed by atoms with Gasteiger partial charge in [0, 0.05) is 27.7 Å². The molecule has 0 amide bonds. The lowest BCUT2D eigenvalue weighted by Crippen LogP contribution is -2.35. The van der Waals surface area contributed by atoms with E-state index in [1.807, 2.05) is 6.07 Å². The molecular formula is C53H45NO. The zero-order chi connectivity index (χ0) is 36.6. The van der Waals surface area contributed by atoms with Crippen molar-refractivity contribution in [3.63, 3.8) is 0 Å². The van der Waals surface area contributed by atoms with Gasteiger partial charge in [-0.15, -0.1) is 0 Å². The van der Waals surface area contributed by atoms with Crippen LogP contribution in [0.25, 0.3) is 55.3 Å². The van der Waals surface area contributed by atoms with Gasteiger partial charge in [-0.3, -0.25) is 0 Å². The number of nitrogens with zero attached hydrogens (tertiary/aromatic N) is 1. The molecule has 0 N–H and O–H groups in total. The summed E-state index contributed by atoms with van der Waals surface area (Å²) >= 11 is 0. The van der Waals surface area contributed by atoms with E-state index in [0.29, 0.717) is 10.8 Å². The minimum atomic E-state index is 0.397. The lowest BCUT2D eigenvalue weighted by Gasteiger charge is -2.47. The standard InChI is InChI=1S/C53H45NO/c1-36-30-41(39-16-20-43(21-17-39)53-28-26-52(27-29-53)33-37(34-52)35-53)18-23-48(36)54(44-22-25-51-47(32-44)45-14-8-9-15-50(45)55-51)49-24-19-42(38-10-4-2-5-11-38)31-46(49)40-12-6-3-7-13-40/h2-25,30-32,37H,26-29,33-35H2,1H3. The number of rotatable bonds is 7. The molecule has 6 aliphatic carbocycles. The Morgan fingerprint density at radius 2 is 1.11 bits per heavy atom. The van der Waals surface area contributed by atoms with Crippen molar-refractivity contribution >= 4 is 39.0 Å². The van der Waals surface area contributed by atoms with Gasteiger partial charge in [0.2, 0.25) is 0 Å². The van der Waals surface area contributed by atoms with E-state index in [0.717, 1.165) is 44.9 Å². The number of hydrogen-bond acceptors (Lipinski definition) is 2. The molecule has 2 nitrogen and oxygen atoms in total. The maximum absolute atomic E-state index is 6.30. The van der Waals surface area contributed by atoms with Crippen molar-refractivity contribution in [1.82, 2.24) is 0 Å². The molecule has 0 saturated heterocycles. The summed E-state index contributed by atoms with van der Waals surface area (Å²) in [5.41, 5.74) is 16.4. The van der Waals surface area contributed by atoms with Crippen molar-refractivity contribution in [1.29, 1.82) is 0 Å². The fourth-order valence-corrected chi connectivity index (χ4v) is 10.9. The molecule has 8 aromatic rings. The highest BCUT2D eigenvalue weighted by molar-refractivity contribution is 6.07. The smallest absolute Gasteiger partial charge is 0.135 e. The van der Waals surface area contributed by atoms with Gasteiger partial charge in [-0.05, 0) is 156 Å². The Hall–Kier alpha value is -5.86. The van der Waals surface area contributed by atoms with E-state index < -0.39 is 0 Å². The van der Waals surface area contributed by atoms with E-state index >= 15 is 0 Å². The first-order chi connectivity index (χ1) is 27.0. The summed E-state index contributed by atoms with van der Waals surface area (Å²) in [6.45, 7) is 2.26. The Morgan fingerprint density at radius 1 is 0.491 bits per heavy atom. The molecule has 0 atom stereocenters. The number of hydrogen-bond donors (Lipinski definition) is 0. The predicted molar refractivity (Wildman–Crippen MR) is 229 cm³/mol. The van der Waals surface area contributed by atoms with Crippen LogP contribution in [0.1, 0.15) is 56.1 Å². The number of furan rings is 1. The zero-order valence-electron chi connectivity index (χ0n) is 31.5. The molecule has 6 fully saturated rings. The number of anilines is 3. The average Bonchev–Trinajstić information content (AvgIpc) is 3.36. The number of fused-ring (bicyclic) bond motifs is 3. The summed E-state index contributed by atoms with van der Waals surface area (Å²) in [6.07, 6.45) is 10.0. The Kier molecular flexibility index (Phi) is 7.46. The van der Waals surface area contributed by atoms with Gasteiger partial charge in [0.05, 0.1) is 5.69 Å². The lowest BCUT2D eigenvalue weighted by atomic mass is 9.58. The quantitative estimate of drug-likeness (QED) is 0.164. The molecule has 2 heteroatoms. The monoisotopic (exact) mass is 711 g/mol. The van der Waals surface area contributed by atoms with Crippen LogP contribution in [-0.2, 0) is 5.41 Å². The largest absolute Gasteiger partial charge is 0.456 e. The maximum Gasteiger partial charge on any atom is 0.135 e. The molecule has 0 radical (unpaired) electrons. The first-order valence-electron chi connectivity index (χ1n) is 20.2. The van der Waals surface area contributed by atoms with Gasteiger partial charge >= 0.3 is 0 Å². The Morgan fingerprint density at radius 3 is 1.85 bits per heavy atom. The van der Waals surface area contributed by atoms with Crippen LogP contribution < -0.4 is 4.90 Å². The highest BCUT2D eigenvalue weighted by atomic mass is 16.3. The normalized spacial score (nSPS) is 21.4. The predicted octanol–water partition coefficient (Wildman–Crippen LogP) is 15.0. The van der Waals surface area contributed by atoms with Crippen molar-refractivity contribution in [2.45, 2.75) is 57.3 Å². The zero-order valence-corrected chi connectivity index (χ0v) is 31.5. The Balaban J connectivity index is 1.03. The molecule has 1 aromatic heterocycles. The van der Waals surface area contributed by atoms with Crippen LogP contribution in [0.4, 0.5) is 17.1 Å². The molecular weight excluding hydrogens is 667 g/mol. The topological polar surface area (TPSA) is 16.4 Å². The van der Waals surface area contributed by atoms with Gasteiger partial charge in [0.15, 0.2) is 0 Å². The van der Waals surface area contributed by atoms with Crippen molar-refractivity contribution in [3.05, 3.63) is 175 Å². The molecule has 3 bridgehead atoms. The fraction of sp³-hybridized carbons (Fsp3) is 0.208. The number of aryl methyl sites for hydroxylation is 1. The molecule has 14 rings (SSSR count). The SMILES string of the molecule is Cc1cc(-c2ccc(C34CCC5(CC3)CC(C5)C4)cc2)ccc1N(c1ccc2oc3ccccc3c2c1)c1ccc(-c2ccccc2)cc1-c1ccccc1. The van der Waals surface area contributed by atoms with Crippen LogP contribution in [0.15, 0.2) is 168 Å². The number of benzene rings is 7. The minimum Gasteiger partial charge on any atom is -0.456 e. The van der Waals surface area contributed by atoms with E-state index in [2.05, 4.69) is 170 Å². The fourth-order valence-electron chi connectivity index (χ4n) is 10.9. The molecule has 0 aliphatic heterocycles. The maximum atomic E-state index is 6.30. The van der Waals surface area contributed by atoms with E-state index in [-0.39, 0.29) is 0 Å². The van der Waals surface area contributed by atoms with Crippen molar-refractivity contribution < 1.29 is 4.42 Å². The van der Waals surface area contributed by atoms with E-state index in [4.69, 9.17) is 4.42 Å². The minimum absolute atomic E-state index is 0.397. The number of para-hydroxylation sites is 1. The summed E-state index contributed by atoms with van der Waals surface area (Å²) in [5.74, 6) is 0.952. The molecule has 268 valence electrons. The highest BCUT2D eigenvalue weighted by Crippen LogP contribution is 2.66. The van der Waals surface area contributed by atoms with Crippen LogP contribution >= 0.6 is 0 Å². The lowest BCUT2D eigenvalue weighted by molar-refractivity contribution is 0.0508. The summed E-state index contributed by atoms with van der Waals surface area (Å²) in [5, 5.41) is 2.25. The average molecular weight is 712 g/mol. The van der Waals surface area contributed by atoms with Crippen LogP contribution in [0.2, 0.25) is 0 Å². The van der Waals surface area contributed by atoms with E-state index in [1.54, 1.807) is 5.56 Å². The summed E-state index contributed by atoms with van der Waals surface area (Å²) in [6, 6.07) is 60.2. The molecule has 6 saturated carbocycles. The van der Waals surface area contributed by atoms with Crippen LogP contribution in [-0.4, -0.2) is 0 Å². The molecule has 1 heterocycles. The molecule has 6 aliphatic rings. The Labute approximate surface area is 324 Å². The highest BCUT2D eigenvalue weighted by Gasteiger charge is 2.56. The van der Waals surface area contributed by atoms with Gasteiger partial charge in [-0.2, -0.15) is 0 Å². The van der Waals surface area contributed by atoms with Gasteiger partial charge in [0.1, 0.15) is 11.2 Å². The third kappa shape index (κ3) is 5.45. The third-order valence-electron chi connectivity index (χ3n) is 13.7. The summed E-state index contributed by atoms with van der Waals surface area (Å²) in [7, 11) is 0. The van der Waals surface area contributed by atoms with Crippen LogP contribution in [0, 0.1) is 18.3 Å². The molecule has 0 unspecified atom stereocenters. The molecule has 7 aromatic carbocycles. The van der Waals surface area contributed by atoms with Gasteiger partial charge in [-0.25, -0.2) is 0 Å². The first-order valence-corrected chi connectivity index (χ1v) is 20.2. The second kappa shape index (κ2) is 12.6. The third-order valence-corrected chi connectivity index (χ3v) is 13.7. The van der Waals surface area contributed by atoms with Crippen LogP contribution in [0.5, 0.6) is 0 Å². The van der Waals surface area contributed by atoms with Gasteiger partial charge in [-0.1, -0.05) is 115 Å². The van der Waals surface area contributed by atoms with E-state index in [9.17, 15) is 0 Å². The van der Waals surface area contributed by atoms with Gasteiger partial charge in [0.25, 0.3) is 0 Å². The van der Waals surface area contributed by atoms with Gasteiger partial charge < -0.3 is 9.32 Å². The van der Waals surface area contributed by atoms with Crippen molar-refractivity contribution in [3.8, 4) is 33.4 Å². The second-order valence-electron chi connectivity index (χ2n) is 16.9. The molecule has 1 spiro atoms. The van der Waals surface area contributed by atoms with Crippen molar-refractivity contribution in [2.75, 3.05) is 4.90 Å². The van der Waals surface area contributed by atoms with E-state index in [1.165, 1.54) is 83.9 Å². The second-order valence-corrected chi connectivity index (χ2v) is 16.9. The van der Waals surface area contributed by atoms with Crippen molar-refractivity contribution in [2.24, 2.45) is 11.3 Å². The van der Waals surface area contributed by atoms with Crippen LogP contribution in [0.3, 0.4) is 0 Å².